The highest BCUT2D eigenvalue weighted by atomic mass is 32.2. The SMILES string of the molecule is CC1CCSC(Nc2cc(F)ccc2F)=N1. The molecule has 0 aliphatic carbocycles. The van der Waals surface area contributed by atoms with Gasteiger partial charge in [0.2, 0.25) is 0 Å². The Morgan fingerprint density at radius 3 is 3.00 bits per heavy atom. The standard InChI is InChI=1S/C11H12F2N2S/c1-7-4-5-16-11(14-7)15-10-6-8(12)2-3-9(10)13/h2-3,6-7H,4-5H2,1H3,(H,14,15). The minimum Gasteiger partial charge on any atom is -0.333 e. The fraction of sp³-hybridized carbons (Fsp3) is 0.364. The van der Waals surface area contributed by atoms with Crippen molar-refractivity contribution in [3.63, 3.8) is 0 Å². The number of thioether (sulfide) groups is 1. The molecule has 0 fully saturated rings. The van der Waals surface area contributed by atoms with Crippen LogP contribution in [0.2, 0.25) is 0 Å². The van der Waals surface area contributed by atoms with E-state index in [0.29, 0.717) is 5.17 Å². The second kappa shape index (κ2) is 4.82. The summed E-state index contributed by atoms with van der Waals surface area (Å²) in [6, 6.07) is 3.58. The van der Waals surface area contributed by atoms with E-state index in [1.165, 1.54) is 11.8 Å². The van der Waals surface area contributed by atoms with Crippen molar-refractivity contribution in [2.75, 3.05) is 11.1 Å². The summed E-state index contributed by atoms with van der Waals surface area (Å²) in [5.74, 6) is 0.0190. The first-order valence-electron chi connectivity index (χ1n) is 5.08. The first kappa shape index (κ1) is 11.4. The Balaban J connectivity index is 2.17. The highest BCUT2D eigenvalue weighted by Gasteiger charge is 2.13. The highest BCUT2D eigenvalue weighted by Crippen LogP contribution is 2.21. The lowest BCUT2D eigenvalue weighted by molar-refractivity contribution is 0.604. The average Bonchev–Trinajstić information content (AvgIpc) is 2.24. The normalized spacial score (nSPS) is 20.4. The minimum absolute atomic E-state index is 0.139. The maximum absolute atomic E-state index is 13.3. The van der Waals surface area contributed by atoms with Gasteiger partial charge in [-0.25, -0.2) is 8.78 Å². The van der Waals surface area contributed by atoms with Crippen LogP contribution < -0.4 is 5.32 Å². The van der Waals surface area contributed by atoms with Gasteiger partial charge in [-0.2, -0.15) is 0 Å². The number of rotatable bonds is 1. The molecule has 1 aromatic rings. The highest BCUT2D eigenvalue weighted by molar-refractivity contribution is 8.14. The molecule has 1 aromatic carbocycles. The van der Waals surface area contributed by atoms with E-state index in [4.69, 9.17) is 0 Å². The van der Waals surface area contributed by atoms with E-state index in [-0.39, 0.29) is 11.7 Å². The number of nitrogens with one attached hydrogen (secondary N) is 1. The van der Waals surface area contributed by atoms with Crippen molar-refractivity contribution in [1.82, 2.24) is 0 Å². The Labute approximate surface area is 97.1 Å². The molecular formula is C11H12F2N2S. The lowest BCUT2D eigenvalue weighted by atomic mass is 10.3. The molecule has 86 valence electrons. The number of amidine groups is 1. The molecule has 5 heteroatoms. The molecule has 0 radical (unpaired) electrons. The molecule has 16 heavy (non-hydrogen) atoms. The van der Waals surface area contributed by atoms with Gasteiger partial charge >= 0.3 is 0 Å². The first-order valence-corrected chi connectivity index (χ1v) is 6.06. The number of hydrogen-bond acceptors (Lipinski definition) is 3. The maximum Gasteiger partial charge on any atom is 0.161 e. The fourth-order valence-corrected chi connectivity index (χ4v) is 2.49. The molecule has 0 spiro atoms. The topological polar surface area (TPSA) is 24.4 Å². The van der Waals surface area contributed by atoms with Crippen LogP contribution in [-0.4, -0.2) is 17.0 Å². The molecular weight excluding hydrogens is 230 g/mol. The van der Waals surface area contributed by atoms with Crippen molar-refractivity contribution in [2.24, 2.45) is 4.99 Å². The second-order valence-corrected chi connectivity index (χ2v) is 4.75. The van der Waals surface area contributed by atoms with Gasteiger partial charge in [-0.05, 0) is 25.5 Å². The van der Waals surface area contributed by atoms with Crippen molar-refractivity contribution in [1.29, 1.82) is 0 Å². The smallest absolute Gasteiger partial charge is 0.161 e. The summed E-state index contributed by atoms with van der Waals surface area (Å²) < 4.78 is 26.3. The third-order valence-electron chi connectivity index (χ3n) is 2.28. The Kier molecular flexibility index (Phi) is 3.43. The predicted octanol–water partition coefficient (Wildman–Crippen LogP) is 3.26. The fourth-order valence-electron chi connectivity index (χ4n) is 1.40. The van der Waals surface area contributed by atoms with Gasteiger partial charge in [0.25, 0.3) is 0 Å². The van der Waals surface area contributed by atoms with Gasteiger partial charge in [-0.3, -0.25) is 4.99 Å². The molecule has 0 amide bonds. The first-order chi connectivity index (χ1) is 7.65. The molecule has 1 aliphatic rings. The Morgan fingerprint density at radius 2 is 2.25 bits per heavy atom. The number of halogens is 2. The van der Waals surface area contributed by atoms with Gasteiger partial charge in [0, 0.05) is 11.8 Å². The zero-order chi connectivity index (χ0) is 11.5. The number of hydrogen-bond donors (Lipinski definition) is 1. The molecule has 0 bridgehead atoms. The van der Waals surface area contributed by atoms with Crippen LogP contribution in [0.5, 0.6) is 0 Å². The van der Waals surface area contributed by atoms with Crippen molar-refractivity contribution >= 4 is 22.6 Å². The second-order valence-electron chi connectivity index (χ2n) is 3.67. The summed E-state index contributed by atoms with van der Waals surface area (Å²) in [6.45, 7) is 2.00. The summed E-state index contributed by atoms with van der Waals surface area (Å²) in [5, 5.41) is 3.47. The third kappa shape index (κ3) is 2.72. The number of benzene rings is 1. The van der Waals surface area contributed by atoms with Gasteiger partial charge in [-0.15, -0.1) is 0 Å². The molecule has 1 N–H and O–H groups in total. The van der Waals surface area contributed by atoms with Crippen molar-refractivity contribution in [3.05, 3.63) is 29.8 Å². The summed E-state index contributed by atoms with van der Waals surface area (Å²) in [7, 11) is 0. The maximum atomic E-state index is 13.3. The van der Waals surface area contributed by atoms with Crippen LogP contribution in [-0.2, 0) is 0 Å². The van der Waals surface area contributed by atoms with E-state index in [1.807, 2.05) is 6.92 Å². The van der Waals surface area contributed by atoms with Crippen LogP contribution in [0.4, 0.5) is 14.5 Å². The largest absolute Gasteiger partial charge is 0.333 e. The number of aliphatic imine (C=N–C) groups is 1. The van der Waals surface area contributed by atoms with Crippen LogP contribution in [0.1, 0.15) is 13.3 Å². The lowest BCUT2D eigenvalue weighted by Gasteiger charge is -2.17. The zero-order valence-electron chi connectivity index (χ0n) is 8.84. The van der Waals surface area contributed by atoms with Gasteiger partial charge in [0.1, 0.15) is 11.6 Å². The molecule has 2 rings (SSSR count). The predicted molar refractivity (Wildman–Crippen MR) is 64.0 cm³/mol. The Hall–Kier alpha value is -1.10. The monoisotopic (exact) mass is 242 g/mol. The van der Waals surface area contributed by atoms with Crippen LogP contribution in [0.15, 0.2) is 23.2 Å². The van der Waals surface area contributed by atoms with E-state index < -0.39 is 11.6 Å². The molecule has 1 atom stereocenters. The minimum atomic E-state index is -0.470. The van der Waals surface area contributed by atoms with E-state index in [0.717, 1.165) is 30.4 Å². The van der Waals surface area contributed by atoms with Crippen LogP contribution in [0, 0.1) is 11.6 Å². The molecule has 0 saturated heterocycles. The van der Waals surface area contributed by atoms with Gasteiger partial charge < -0.3 is 5.32 Å². The molecule has 0 saturated carbocycles. The van der Waals surface area contributed by atoms with Crippen LogP contribution >= 0.6 is 11.8 Å². The van der Waals surface area contributed by atoms with Crippen LogP contribution in [0.25, 0.3) is 0 Å². The van der Waals surface area contributed by atoms with E-state index >= 15 is 0 Å². The van der Waals surface area contributed by atoms with Crippen molar-refractivity contribution in [2.45, 2.75) is 19.4 Å². The lowest BCUT2D eigenvalue weighted by Crippen LogP contribution is -2.18. The van der Waals surface area contributed by atoms with Crippen molar-refractivity contribution < 1.29 is 8.78 Å². The van der Waals surface area contributed by atoms with Gasteiger partial charge in [-0.1, -0.05) is 11.8 Å². The van der Waals surface area contributed by atoms with E-state index in [1.54, 1.807) is 0 Å². The van der Waals surface area contributed by atoms with Crippen LogP contribution in [0.3, 0.4) is 0 Å². The quantitative estimate of drug-likeness (QED) is 0.817. The third-order valence-corrected chi connectivity index (χ3v) is 3.20. The molecule has 0 aromatic heterocycles. The van der Waals surface area contributed by atoms with Crippen molar-refractivity contribution in [3.8, 4) is 0 Å². The summed E-state index contributed by atoms with van der Waals surface area (Å²) in [5.41, 5.74) is 0.139. The summed E-state index contributed by atoms with van der Waals surface area (Å²) in [4.78, 5) is 4.33. The van der Waals surface area contributed by atoms with E-state index in [9.17, 15) is 8.78 Å². The number of anilines is 1. The Bertz CT molecular complexity index is 420. The van der Waals surface area contributed by atoms with Gasteiger partial charge in [0.15, 0.2) is 5.17 Å². The molecule has 1 heterocycles. The molecule has 1 unspecified atom stereocenters. The Morgan fingerprint density at radius 1 is 1.44 bits per heavy atom. The zero-order valence-corrected chi connectivity index (χ0v) is 9.65. The average molecular weight is 242 g/mol. The summed E-state index contributed by atoms with van der Waals surface area (Å²) in [6.07, 6.45) is 1.02. The van der Waals surface area contributed by atoms with E-state index in [2.05, 4.69) is 10.3 Å². The molecule has 2 nitrogen and oxygen atoms in total. The summed E-state index contributed by atoms with van der Waals surface area (Å²) >= 11 is 1.53. The number of nitrogens with zero attached hydrogens (tertiary/aromatic N) is 1. The molecule has 1 aliphatic heterocycles. The van der Waals surface area contributed by atoms with Gasteiger partial charge in [0.05, 0.1) is 11.7 Å².